The molecule has 2 saturated carbocycles. The minimum absolute atomic E-state index is 0.0652. The molecule has 0 aromatic carbocycles. The van der Waals surface area contributed by atoms with E-state index in [9.17, 15) is 14.0 Å². The molecule has 2 saturated heterocycles. The van der Waals surface area contributed by atoms with E-state index in [1.165, 1.54) is 73.4 Å². The first-order chi connectivity index (χ1) is 29.2. The third kappa shape index (κ3) is 15.2. The van der Waals surface area contributed by atoms with Crippen LogP contribution in [0, 0.1) is 34.5 Å². The molecule has 1 amide bonds. The maximum absolute atomic E-state index is 12.0. The highest BCUT2D eigenvalue weighted by molar-refractivity contribution is 7.16. The molecule has 0 radical (unpaired) electrons. The molecule has 4 fully saturated rings. The molecule has 4 aromatic rings. The molecule has 0 unspecified atom stereocenters. The molecule has 6 N–H and O–H groups in total. The van der Waals surface area contributed by atoms with Crippen LogP contribution in [0.5, 0.6) is 0 Å². The SMILES string of the molecule is N#Cc1cnc(Nc2cc(N3CCN(CC(=O)NCC4CC4)CC3)ncn2)s1.N#Cc1cnc(Nc2cc(N3CCN(CC(=O)O)CC3)ncn2)s1.NCC1CC1.[2H]CF. The van der Waals surface area contributed by atoms with Crippen LogP contribution in [0.1, 0.15) is 36.8 Å². The average molecular weight is 850 g/mol. The predicted octanol–water partition coefficient (Wildman–Crippen LogP) is 2.89. The third-order valence-corrected chi connectivity index (χ3v) is 11.1. The van der Waals surface area contributed by atoms with Gasteiger partial charge in [-0.25, -0.2) is 29.9 Å². The van der Waals surface area contributed by atoms with Crippen molar-refractivity contribution >= 4 is 68.1 Å². The fraction of sp³-hybridized carbons (Fsp3) is 0.514. The van der Waals surface area contributed by atoms with Crippen molar-refractivity contribution in [3.8, 4) is 12.1 Å². The van der Waals surface area contributed by atoms with Crippen LogP contribution in [0.15, 0.2) is 37.2 Å². The molecular formula is C37H49FN16O3S2. The lowest BCUT2D eigenvalue weighted by Crippen LogP contribution is -2.49. The van der Waals surface area contributed by atoms with Crippen molar-refractivity contribution in [2.45, 2.75) is 25.7 Å². The summed E-state index contributed by atoms with van der Waals surface area (Å²) in [6.07, 6.45) is 11.3. The Hall–Kier alpha value is -5.65. The molecule has 8 rings (SSSR count). The second kappa shape index (κ2) is 23.1. The molecule has 2 aliphatic carbocycles. The maximum Gasteiger partial charge on any atom is 0.317 e. The highest BCUT2D eigenvalue weighted by Crippen LogP contribution is 2.28. The minimum atomic E-state index is -1.00. The lowest BCUT2D eigenvalue weighted by Gasteiger charge is -2.35. The van der Waals surface area contributed by atoms with Gasteiger partial charge in [0.15, 0.2) is 10.3 Å². The number of hydrogen-bond donors (Lipinski definition) is 5. The number of halogens is 1. The fourth-order valence-electron chi connectivity index (χ4n) is 5.82. The molecule has 4 aliphatic rings. The van der Waals surface area contributed by atoms with Crippen LogP contribution >= 0.6 is 22.7 Å². The van der Waals surface area contributed by atoms with Gasteiger partial charge in [-0.15, -0.1) is 0 Å². The summed E-state index contributed by atoms with van der Waals surface area (Å²) in [4.78, 5) is 57.5. The van der Waals surface area contributed by atoms with Gasteiger partial charge in [0.25, 0.3) is 0 Å². The summed E-state index contributed by atoms with van der Waals surface area (Å²) in [7, 11) is -1.00. The lowest BCUT2D eigenvalue weighted by atomic mass is 10.3. The maximum atomic E-state index is 12.0. The fourth-order valence-corrected chi connectivity index (χ4v) is 7.06. The summed E-state index contributed by atoms with van der Waals surface area (Å²) >= 11 is 2.54. The lowest BCUT2D eigenvalue weighted by molar-refractivity contribution is -0.138. The molecule has 22 heteroatoms. The second-order valence-corrected chi connectivity index (χ2v) is 16.0. The number of carbonyl (C=O) groups excluding carboxylic acids is 1. The molecule has 2 aliphatic heterocycles. The number of amides is 1. The van der Waals surface area contributed by atoms with Crippen molar-refractivity contribution in [3.05, 3.63) is 46.9 Å². The van der Waals surface area contributed by atoms with E-state index in [2.05, 4.69) is 66.6 Å². The second-order valence-electron chi connectivity index (χ2n) is 13.9. The van der Waals surface area contributed by atoms with Gasteiger partial charge in [0.1, 0.15) is 57.8 Å². The average Bonchev–Trinajstić information content (AvgIpc) is 4.19. The van der Waals surface area contributed by atoms with E-state index in [1.807, 2.05) is 23.1 Å². The number of carboxylic acid groups (broad SMARTS) is 1. The highest BCUT2D eigenvalue weighted by atomic mass is 32.1. The number of alkyl halides is 1. The van der Waals surface area contributed by atoms with Crippen molar-refractivity contribution < 1.29 is 20.5 Å². The zero-order valence-corrected chi connectivity index (χ0v) is 34.2. The quantitative estimate of drug-likeness (QED) is 0.130. The summed E-state index contributed by atoms with van der Waals surface area (Å²) in [5.41, 5.74) is 5.23. The number of nitrogens with two attached hydrogens (primary N) is 1. The van der Waals surface area contributed by atoms with E-state index in [1.54, 1.807) is 0 Å². The summed E-state index contributed by atoms with van der Waals surface area (Å²) in [6, 6.07) is 7.81. The summed E-state index contributed by atoms with van der Waals surface area (Å²) < 4.78 is 15.5. The van der Waals surface area contributed by atoms with Gasteiger partial charge in [-0.1, -0.05) is 22.7 Å². The van der Waals surface area contributed by atoms with E-state index in [4.69, 9.17) is 22.7 Å². The van der Waals surface area contributed by atoms with Crippen molar-refractivity contribution in [2.75, 3.05) is 106 Å². The Balaban J connectivity index is 0.000000194. The standard InChI is InChI=1S/C18H22N8OS.C14H15N7O2S.C4H9N.CH3F/c19-8-14-10-21-18(28-14)24-15-7-16(23-12-22-15)26-5-3-25(4-6-26)11-17(27)20-9-13-1-2-13;15-6-10-7-16-14(24-10)19-11-5-12(18-9-17-11)21-3-1-20(2-4-21)8-13(22)23;5-3-4-1-2-4;1-2/h7,10,12-13H,1-6,9,11H2,(H,20,27)(H,21,22,23,24);5,7,9H,1-4,8H2,(H,22,23)(H,16,17,18,19);4H,1-3,5H2;1H3/i;;;1D. The number of carbonyl (C=O) groups is 2. The minimum Gasteiger partial charge on any atom is -0.480 e. The predicted molar refractivity (Wildman–Crippen MR) is 224 cm³/mol. The van der Waals surface area contributed by atoms with E-state index in [0.717, 1.165) is 56.8 Å². The first kappa shape index (κ1) is 42.9. The Bertz CT molecular complexity index is 2040. The summed E-state index contributed by atoms with van der Waals surface area (Å²) in [5, 5.41) is 37.0. The van der Waals surface area contributed by atoms with Gasteiger partial charge in [0.2, 0.25) is 5.91 Å². The van der Waals surface area contributed by atoms with Crippen molar-refractivity contribution in [1.82, 2.24) is 45.0 Å². The van der Waals surface area contributed by atoms with Crippen LogP contribution in [0.3, 0.4) is 0 Å². The number of aliphatic carboxylic acids is 1. The van der Waals surface area contributed by atoms with Gasteiger partial charge < -0.3 is 36.6 Å². The van der Waals surface area contributed by atoms with Crippen LogP contribution in [-0.4, -0.2) is 142 Å². The van der Waals surface area contributed by atoms with Crippen molar-refractivity contribution in [2.24, 2.45) is 17.6 Å². The van der Waals surface area contributed by atoms with Gasteiger partial charge in [-0.2, -0.15) is 10.5 Å². The van der Waals surface area contributed by atoms with Gasteiger partial charge in [0.05, 0.1) is 34.0 Å². The number of thiazole rings is 2. The van der Waals surface area contributed by atoms with E-state index in [0.29, 0.717) is 70.3 Å². The number of carboxylic acids is 1. The monoisotopic (exact) mass is 849 g/mol. The Kier molecular flexibility index (Phi) is 16.8. The number of piperazine rings is 2. The van der Waals surface area contributed by atoms with Crippen molar-refractivity contribution in [3.63, 3.8) is 0 Å². The van der Waals surface area contributed by atoms with Crippen LogP contribution in [0.4, 0.5) is 37.9 Å². The first-order valence-electron chi connectivity index (χ1n) is 19.8. The summed E-state index contributed by atoms with van der Waals surface area (Å²) in [5.74, 6) is 3.79. The Morgan fingerprint density at radius 3 is 1.63 bits per heavy atom. The zero-order valence-electron chi connectivity index (χ0n) is 33.5. The normalized spacial score (nSPS) is 16.6. The number of aromatic nitrogens is 6. The Labute approximate surface area is 351 Å². The molecule has 19 nitrogen and oxygen atoms in total. The van der Waals surface area contributed by atoms with Crippen LogP contribution in [0.25, 0.3) is 0 Å². The number of nitrogens with one attached hydrogen (secondary N) is 3. The molecule has 0 atom stereocenters. The molecule has 314 valence electrons. The van der Waals surface area contributed by atoms with E-state index >= 15 is 0 Å². The molecule has 4 aromatic heterocycles. The number of rotatable bonds is 13. The molecule has 59 heavy (non-hydrogen) atoms. The Morgan fingerprint density at radius 2 is 1.25 bits per heavy atom. The van der Waals surface area contributed by atoms with Gasteiger partial charge in [-0.05, 0) is 44.1 Å². The van der Waals surface area contributed by atoms with Crippen LogP contribution in [0.2, 0.25) is 0 Å². The molecule has 0 spiro atoms. The van der Waals surface area contributed by atoms with Crippen LogP contribution < -0.4 is 31.5 Å². The number of hydrogen-bond acceptors (Lipinski definition) is 19. The highest BCUT2D eigenvalue weighted by Gasteiger charge is 2.24. The number of anilines is 6. The molecular weight excluding hydrogens is 800 g/mol. The van der Waals surface area contributed by atoms with Gasteiger partial charge in [0, 0.05) is 71.0 Å². The van der Waals surface area contributed by atoms with Crippen LogP contribution in [-0.2, 0) is 9.59 Å². The number of nitriles is 2. The first-order valence-corrected chi connectivity index (χ1v) is 20.7. The Morgan fingerprint density at radius 1 is 0.797 bits per heavy atom. The topological polar surface area (TPSA) is 254 Å². The third-order valence-electron chi connectivity index (χ3n) is 9.44. The van der Waals surface area contributed by atoms with E-state index < -0.39 is 13.1 Å². The largest absolute Gasteiger partial charge is 0.480 e. The van der Waals surface area contributed by atoms with Gasteiger partial charge >= 0.3 is 5.97 Å². The van der Waals surface area contributed by atoms with Crippen molar-refractivity contribution in [1.29, 1.82) is 10.5 Å². The van der Waals surface area contributed by atoms with E-state index in [-0.39, 0.29) is 12.5 Å². The smallest absolute Gasteiger partial charge is 0.317 e. The van der Waals surface area contributed by atoms with Gasteiger partial charge in [-0.3, -0.25) is 23.8 Å². The molecule has 0 bridgehead atoms. The number of nitrogens with zero attached hydrogens (tertiary/aromatic N) is 12. The molecule has 6 heterocycles. The zero-order chi connectivity index (χ0) is 42.7. The summed E-state index contributed by atoms with van der Waals surface area (Å²) in [6.45, 7) is 8.30.